The average molecular weight is 336 g/mol. The van der Waals surface area contributed by atoms with Gasteiger partial charge in [-0.2, -0.15) is 0 Å². The molecule has 1 saturated carbocycles. The minimum Gasteiger partial charge on any atom is -0.324 e. The Hall–Kier alpha value is -2.46. The third-order valence-corrected chi connectivity index (χ3v) is 4.69. The van der Waals surface area contributed by atoms with Crippen molar-refractivity contribution < 1.29 is 9.59 Å². The Kier molecular flexibility index (Phi) is 5.61. The van der Waals surface area contributed by atoms with E-state index in [1.165, 1.54) is 19.8 Å². The molecule has 0 radical (unpaired) electrons. The largest absolute Gasteiger partial charge is 0.324 e. The van der Waals surface area contributed by atoms with Crippen molar-refractivity contribution in [2.45, 2.75) is 44.7 Å². The fourth-order valence-electron chi connectivity index (χ4n) is 3.33. The highest BCUT2D eigenvalue weighted by Crippen LogP contribution is 2.23. The van der Waals surface area contributed by atoms with Gasteiger partial charge in [0.15, 0.2) is 5.78 Å². The van der Waals surface area contributed by atoms with E-state index in [4.69, 9.17) is 0 Å². The molecule has 1 fully saturated rings. The molecule has 0 bridgehead atoms. The molecule has 2 aromatic rings. The third kappa shape index (κ3) is 4.54. The maximum absolute atomic E-state index is 12.9. The van der Waals surface area contributed by atoms with Gasteiger partial charge >= 0.3 is 0 Å². The number of hydrogen-bond donors (Lipinski definition) is 2. The van der Waals surface area contributed by atoms with Crippen LogP contribution in [0.1, 0.15) is 54.6 Å². The van der Waals surface area contributed by atoms with Crippen molar-refractivity contribution in [3.8, 4) is 0 Å². The molecule has 0 aromatic heterocycles. The molecule has 130 valence electrons. The van der Waals surface area contributed by atoms with Gasteiger partial charge in [-0.3, -0.25) is 14.9 Å². The predicted molar refractivity (Wildman–Crippen MR) is 99.7 cm³/mol. The third-order valence-electron chi connectivity index (χ3n) is 4.69. The summed E-state index contributed by atoms with van der Waals surface area (Å²) in [6.07, 6.45) is 4.63. The van der Waals surface area contributed by atoms with E-state index >= 15 is 0 Å². The zero-order chi connectivity index (χ0) is 17.6. The highest BCUT2D eigenvalue weighted by molar-refractivity contribution is 5.98. The van der Waals surface area contributed by atoms with Crippen LogP contribution in [0.15, 0.2) is 54.6 Å². The second kappa shape index (κ2) is 8.08. The molecule has 0 heterocycles. The van der Waals surface area contributed by atoms with Gasteiger partial charge in [0.05, 0.1) is 0 Å². The van der Waals surface area contributed by atoms with Crippen molar-refractivity contribution in [2.24, 2.45) is 0 Å². The molecule has 0 saturated heterocycles. The molecule has 2 N–H and O–H groups in total. The zero-order valence-corrected chi connectivity index (χ0v) is 14.5. The van der Waals surface area contributed by atoms with E-state index in [1.807, 2.05) is 36.4 Å². The van der Waals surface area contributed by atoms with Gasteiger partial charge in [-0.1, -0.05) is 55.3 Å². The molecule has 0 unspecified atom stereocenters. The molecule has 2 aromatic carbocycles. The number of carbonyl (C=O) groups is 2. The van der Waals surface area contributed by atoms with Crippen molar-refractivity contribution in [3.05, 3.63) is 65.7 Å². The Morgan fingerprint density at radius 2 is 1.72 bits per heavy atom. The number of benzene rings is 2. The Balaban J connectivity index is 1.78. The lowest BCUT2D eigenvalue weighted by Gasteiger charge is -2.23. The SMILES string of the molecule is CC(=O)c1cccc(NC(=O)[C@@H](NC2CCCC2)c2ccccc2)c1. The highest BCUT2D eigenvalue weighted by Gasteiger charge is 2.25. The number of nitrogens with one attached hydrogen (secondary N) is 2. The molecule has 4 heteroatoms. The fourth-order valence-corrected chi connectivity index (χ4v) is 3.33. The summed E-state index contributed by atoms with van der Waals surface area (Å²) in [5, 5.41) is 6.47. The molecule has 1 amide bonds. The molecule has 0 aliphatic heterocycles. The lowest BCUT2D eigenvalue weighted by atomic mass is 10.0. The molecule has 3 rings (SSSR count). The summed E-state index contributed by atoms with van der Waals surface area (Å²) in [4.78, 5) is 24.5. The molecule has 0 spiro atoms. The van der Waals surface area contributed by atoms with E-state index < -0.39 is 6.04 Å². The van der Waals surface area contributed by atoms with Gasteiger partial charge in [-0.05, 0) is 37.5 Å². The standard InChI is InChI=1S/C21H24N2O2/c1-15(24)17-10-7-13-19(14-17)23-21(25)20(16-8-3-2-4-9-16)22-18-11-5-6-12-18/h2-4,7-10,13-14,18,20,22H,5-6,11-12H2,1H3,(H,23,25)/t20-/m0/s1. The summed E-state index contributed by atoms with van der Waals surface area (Å²) in [5.41, 5.74) is 2.19. The number of rotatable bonds is 6. The van der Waals surface area contributed by atoms with Gasteiger partial charge < -0.3 is 5.32 Å². The number of anilines is 1. The van der Waals surface area contributed by atoms with Crippen LogP contribution in [0, 0.1) is 0 Å². The van der Waals surface area contributed by atoms with E-state index in [-0.39, 0.29) is 11.7 Å². The highest BCUT2D eigenvalue weighted by atomic mass is 16.2. The van der Waals surface area contributed by atoms with E-state index in [2.05, 4.69) is 10.6 Å². The minimum atomic E-state index is -0.398. The second-order valence-corrected chi connectivity index (χ2v) is 6.62. The van der Waals surface area contributed by atoms with Crippen LogP contribution in [0.25, 0.3) is 0 Å². The summed E-state index contributed by atoms with van der Waals surface area (Å²) in [6, 6.07) is 16.8. The lowest BCUT2D eigenvalue weighted by Crippen LogP contribution is -2.38. The van der Waals surface area contributed by atoms with Gasteiger partial charge in [0, 0.05) is 17.3 Å². The van der Waals surface area contributed by atoms with E-state index in [1.54, 1.807) is 18.2 Å². The molecular formula is C21H24N2O2. The minimum absolute atomic E-state index is 0.0141. The Labute approximate surface area is 148 Å². The van der Waals surface area contributed by atoms with E-state index in [0.717, 1.165) is 18.4 Å². The summed E-state index contributed by atoms with van der Waals surface area (Å²) in [5.74, 6) is -0.112. The second-order valence-electron chi connectivity index (χ2n) is 6.62. The Bertz CT molecular complexity index is 737. The van der Waals surface area contributed by atoms with Crippen molar-refractivity contribution in [2.75, 3.05) is 5.32 Å². The van der Waals surface area contributed by atoms with Crippen LogP contribution in [-0.2, 0) is 4.79 Å². The van der Waals surface area contributed by atoms with Crippen molar-refractivity contribution in [1.29, 1.82) is 0 Å². The first-order valence-electron chi connectivity index (χ1n) is 8.86. The van der Waals surface area contributed by atoms with Gasteiger partial charge in [0.25, 0.3) is 0 Å². The predicted octanol–water partition coefficient (Wildman–Crippen LogP) is 4.10. The van der Waals surface area contributed by atoms with E-state index in [9.17, 15) is 9.59 Å². The van der Waals surface area contributed by atoms with Crippen LogP contribution in [0.2, 0.25) is 0 Å². The number of hydrogen-bond acceptors (Lipinski definition) is 3. The van der Waals surface area contributed by atoms with Gasteiger partial charge in [0.2, 0.25) is 5.91 Å². The van der Waals surface area contributed by atoms with E-state index in [0.29, 0.717) is 17.3 Å². The lowest BCUT2D eigenvalue weighted by molar-refractivity contribution is -0.118. The molecule has 25 heavy (non-hydrogen) atoms. The van der Waals surface area contributed by atoms with Crippen molar-refractivity contribution >= 4 is 17.4 Å². The zero-order valence-electron chi connectivity index (χ0n) is 14.5. The Morgan fingerprint density at radius 1 is 1.00 bits per heavy atom. The number of amides is 1. The topological polar surface area (TPSA) is 58.2 Å². The van der Waals surface area contributed by atoms with Crippen molar-refractivity contribution in [3.63, 3.8) is 0 Å². The maximum atomic E-state index is 12.9. The summed E-state index contributed by atoms with van der Waals surface area (Å²) in [6.45, 7) is 1.52. The summed E-state index contributed by atoms with van der Waals surface area (Å²) in [7, 11) is 0. The van der Waals surface area contributed by atoms with Crippen LogP contribution in [0.4, 0.5) is 5.69 Å². The Morgan fingerprint density at radius 3 is 2.40 bits per heavy atom. The normalized spacial score (nSPS) is 15.7. The van der Waals surface area contributed by atoms with Gasteiger partial charge in [-0.25, -0.2) is 0 Å². The quantitative estimate of drug-likeness (QED) is 0.781. The first-order valence-corrected chi connectivity index (χ1v) is 8.86. The van der Waals surface area contributed by atoms with Gasteiger partial charge in [-0.15, -0.1) is 0 Å². The molecule has 4 nitrogen and oxygen atoms in total. The first-order chi connectivity index (χ1) is 12.1. The smallest absolute Gasteiger partial charge is 0.246 e. The number of ketones is 1. The molecule has 1 aliphatic carbocycles. The number of carbonyl (C=O) groups excluding carboxylic acids is 2. The first kappa shape index (κ1) is 17.4. The van der Waals surface area contributed by atoms with Gasteiger partial charge in [0.1, 0.15) is 6.04 Å². The van der Waals surface area contributed by atoms with Crippen molar-refractivity contribution in [1.82, 2.24) is 5.32 Å². The molecule has 1 atom stereocenters. The summed E-state index contributed by atoms with van der Waals surface area (Å²) >= 11 is 0. The number of Topliss-reactive ketones (excluding diaryl/α,β-unsaturated/α-hetero) is 1. The fraction of sp³-hybridized carbons (Fsp3) is 0.333. The molecule has 1 aliphatic rings. The van der Waals surface area contributed by atoms with Crippen LogP contribution in [-0.4, -0.2) is 17.7 Å². The molecular weight excluding hydrogens is 312 g/mol. The average Bonchev–Trinajstić information content (AvgIpc) is 3.14. The maximum Gasteiger partial charge on any atom is 0.246 e. The van der Waals surface area contributed by atoms with Crippen LogP contribution >= 0.6 is 0 Å². The van der Waals surface area contributed by atoms with Crippen LogP contribution in [0.5, 0.6) is 0 Å². The van der Waals surface area contributed by atoms with Crippen LogP contribution in [0.3, 0.4) is 0 Å². The summed E-state index contributed by atoms with van der Waals surface area (Å²) < 4.78 is 0. The monoisotopic (exact) mass is 336 g/mol. The van der Waals surface area contributed by atoms with Crippen LogP contribution < -0.4 is 10.6 Å².